The average Bonchev–Trinajstić information content (AvgIpc) is 3.02. The Labute approximate surface area is 141 Å². The van der Waals surface area contributed by atoms with Crippen molar-refractivity contribution in [3.8, 4) is 5.75 Å². The standard InChI is InChI=1S/C19H21NO4/c1-23-17-9-5-8-15(10-17)20-12-16(21)11-18(20)19(22)24-13-14-6-3-2-4-7-14/h2-10,16,18,21H,11-13H2,1H3/t16-,18-/m0/s1. The van der Waals surface area contributed by atoms with E-state index < -0.39 is 12.1 Å². The highest BCUT2D eigenvalue weighted by Gasteiger charge is 2.37. The summed E-state index contributed by atoms with van der Waals surface area (Å²) < 4.78 is 10.7. The smallest absolute Gasteiger partial charge is 0.329 e. The van der Waals surface area contributed by atoms with Crippen LogP contribution in [0.3, 0.4) is 0 Å². The third-order valence-corrected chi connectivity index (χ3v) is 4.16. The van der Waals surface area contributed by atoms with E-state index in [1.54, 1.807) is 7.11 Å². The van der Waals surface area contributed by atoms with Gasteiger partial charge >= 0.3 is 5.97 Å². The van der Waals surface area contributed by atoms with E-state index in [-0.39, 0.29) is 12.6 Å². The molecule has 24 heavy (non-hydrogen) atoms. The van der Waals surface area contributed by atoms with Crippen molar-refractivity contribution in [2.75, 3.05) is 18.6 Å². The van der Waals surface area contributed by atoms with Gasteiger partial charge in [-0.05, 0) is 17.7 Å². The number of esters is 1. The van der Waals surface area contributed by atoms with Crippen LogP contribution in [0.1, 0.15) is 12.0 Å². The second-order valence-corrected chi connectivity index (χ2v) is 5.85. The van der Waals surface area contributed by atoms with Gasteiger partial charge in [-0.2, -0.15) is 0 Å². The van der Waals surface area contributed by atoms with Gasteiger partial charge < -0.3 is 19.5 Å². The number of nitrogens with zero attached hydrogens (tertiary/aromatic N) is 1. The maximum absolute atomic E-state index is 12.5. The van der Waals surface area contributed by atoms with Gasteiger partial charge in [-0.3, -0.25) is 0 Å². The van der Waals surface area contributed by atoms with Crippen molar-refractivity contribution in [3.63, 3.8) is 0 Å². The number of β-amino-alcohol motifs (C(OH)–C–C–N with tert-alkyl or cyclic N) is 1. The third-order valence-electron chi connectivity index (χ3n) is 4.16. The summed E-state index contributed by atoms with van der Waals surface area (Å²) in [6.07, 6.45) is -0.185. The van der Waals surface area contributed by atoms with Crippen LogP contribution < -0.4 is 9.64 Å². The first-order chi connectivity index (χ1) is 11.7. The Kier molecular flexibility index (Phi) is 5.01. The molecule has 0 aromatic heterocycles. The number of hydrogen-bond donors (Lipinski definition) is 1. The summed E-state index contributed by atoms with van der Waals surface area (Å²) in [7, 11) is 1.60. The van der Waals surface area contributed by atoms with Crippen molar-refractivity contribution in [2.45, 2.75) is 25.2 Å². The zero-order valence-electron chi connectivity index (χ0n) is 13.6. The van der Waals surface area contributed by atoms with Crippen LogP contribution in [-0.4, -0.2) is 36.9 Å². The lowest BCUT2D eigenvalue weighted by molar-refractivity contribution is -0.146. The Morgan fingerprint density at radius 3 is 2.75 bits per heavy atom. The van der Waals surface area contributed by atoms with E-state index in [0.29, 0.717) is 18.7 Å². The molecule has 1 N–H and O–H groups in total. The maximum Gasteiger partial charge on any atom is 0.329 e. The van der Waals surface area contributed by atoms with E-state index in [1.165, 1.54) is 0 Å². The minimum atomic E-state index is -0.550. The molecule has 2 atom stereocenters. The predicted molar refractivity (Wildman–Crippen MR) is 91.0 cm³/mol. The predicted octanol–water partition coefficient (Wildman–Crippen LogP) is 2.38. The fourth-order valence-corrected chi connectivity index (χ4v) is 2.94. The number of hydrogen-bond acceptors (Lipinski definition) is 5. The Morgan fingerprint density at radius 2 is 2.00 bits per heavy atom. The van der Waals surface area contributed by atoms with Gasteiger partial charge in [0.05, 0.1) is 13.2 Å². The van der Waals surface area contributed by atoms with Crippen LogP contribution in [0.2, 0.25) is 0 Å². The number of rotatable bonds is 5. The van der Waals surface area contributed by atoms with E-state index in [4.69, 9.17) is 9.47 Å². The summed E-state index contributed by atoms with van der Waals surface area (Å²) >= 11 is 0. The summed E-state index contributed by atoms with van der Waals surface area (Å²) in [6.45, 7) is 0.635. The Morgan fingerprint density at radius 1 is 1.21 bits per heavy atom. The lowest BCUT2D eigenvalue weighted by atomic mass is 10.2. The Bertz CT molecular complexity index is 689. The fraction of sp³-hybridized carbons (Fsp3) is 0.316. The molecule has 5 heteroatoms. The molecule has 1 heterocycles. The molecule has 126 valence electrons. The second-order valence-electron chi connectivity index (χ2n) is 5.85. The summed E-state index contributed by atoms with van der Waals surface area (Å²) in [6, 6.07) is 16.5. The molecule has 0 spiro atoms. The van der Waals surface area contributed by atoms with Crippen LogP contribution in [0, 0.1) is 0 Å². The number of carbonyl (C=O) groups is 1. The summed E-state index contributed by atoms with van der Waals surface area (Å²) in [5.74, 6) is 0.392. The molecule has 3 rings (SSSR count). The quantitative estimate of drug-likeness (QED) is 0.855. The number of ether oxygens (including phenoxy) is 2. The summed E-state index contributed by atoms with van der Waals surface area (Å²) in [5, 5.41) is 10.0. The molecule has 0 amide bonds. The van der Waals surface area contributed by atoms with Crippen molar-refractivity contribution in [3.05, 3.63) is 60.2 Å². The average molecular weight is 327 g/mol. The summed E-state index contributed by atoms with van der Waals surface area (Å²) in [4.78, 5) is 14.4. The zero-order chi connectivity index (χ0) is 16.9. The molecule has 1 aliphatic heterocycles. The van der Waals surface area contributed by atoms with Gasteiger partial charge in [0.25, 0.3) is 0 Å². The van der Waals surface area contributed by atoms with Gasteiger partial charge in [-0.15, -0.1) is 0 Å². The zero-order valence-corrected chi connectivity index (χ0v) is 13.6. The molecule has 1 aliphatic rings. The van der Waals surface area contributed by atoms with Gasteiger partial charge in [0.15, 0.2) is 0 Å². The highest BCUT2D eigenvalue weighted by Crippen LogP contribution is 2.29. The molecule has 1 saturated heterocycles. The highest BCUT2D eigenvalue weighted by atomic mass is 16.5. The maximum atomic E-state index is 12.5. The molecule has 2 aromatic rings. The lowest BCUT2D eigenvalue weighted by Gasteiger charge is -2.25. The van der Waals surface area contributed by atoms with Crippen LogP contribution in [0.25, 0.3) is 0 Å². The lowest BCUT2D eigenvalue weighted by Crippen LogP contribution is -2.37. The van der Waals surface area contributed by atoms with E-state index >= 15 is 0 Å². The van der Waals surface area contributed by atoms with E-state index in [2.05, 4.69) is 0 Å². The first kappa shape index (κ1) is 16.3. The van der Waals surface area contributed by atoms with Gasteiger partial charge in [0.2, 0.25) is 0 Å². The monoisotopic (exact) mass is 327 g/mol. The van der Waals surface area contributed by atoms with Crippen molar-refractivity contribution >= 4 is 11.7 Å². The van der Waals surface area contributed by atoms with Gasteiger partial charge in [-0.25, -0.2) is 4.79 Å². The number of methoxy groups -OCH3 is 1. The molecule has 0 bridgehead atoms. The highest BCUT2D eigenvalue weighted by molar-refractivity contribution is 5.81. The van der Waals surface area contributed by atoms with Crippen LogP contribution in [-0.2, 0) is 16.1 Å². The van der Waals surface area contributed by atoms with Gasteiger partial charge in [0, 0.05) is 24.7 Å². The number of aliphatic hydroxyl groups is 1. The SMILES string of the molecule is COc1cccc(N2C[C@@H](O)C[C@H]2C(=O)OCc2ccccc2)c1. The molecule has 0 saturated carbocycles. The van der Waals surface area contributed by atoms with E-state index in [0.717, 1.165) is 11.3 Å². The molecule has 1 fully saturated rings. The first-order valence-corrected chi connectivity index (χ1v) is 7.96. The van der Waals surface area contributed by atoms with E-state index in [9.17, 15) is 9.90 Å². The Balaban J connectivity index is 1.71. The van der Waals surface area contributed by atoms with E-state index in [1.807, 2.05) is 59.5 Å². The van der Waals surface area contributed by atoms with Crippen molar-refractivity contribution in [1.82, 2.24) is 0 Å². The molecule has 5 nitrogen and oxygen atoms in total. The van der Waals surface area contributed by atoms with Crippen LogP contribution in [0.15, 0.2) is 54.6 Å². The normalized spacial score (nSPS) is 20.0. The molecular weight excluding hydrogens is 306 g/mol. The Hall–Kier alpha value is -2.53. The molecule has 0 aliphatic carbocycles. The minimum absolute atomic E-state index is 0.234. The van der Waals surface area contributed by atoms with Crippen molar-refractivity contribution in [2.24, 2.45) is 0 Å². The molecule has 0 unspecified atom stereocenters. The number of anilines is 1. The first-order valence-electron chi connectivity index (χ1n) is 7.96. The summed E-state index contributed by atoms with van der Waals surface area (Å²) in [5.41, 5.74) is 1.78. The number of carbonyl (C=O) groups excluding carboxylic acids is 1. The fourth-order valence-electron chi connectivity index (χ4n) is 2.94. The third kappa shape index (κ3) is 3.68. The minimum Gasteiger partial charge on any atom is -0.497 e. The van der Waals surface area contributed by atoms with Crippen LogP contribution in [0.4, 0.5) is 5.69 Å². The van der Waals surface area contributed by atoms with Gasteiger partial charge in [-0.1, -0.05) is 36.4 Å². The molecule has 0 radical (unpaired) electrons. The van der Waals surface area contributed by atoms with Crippen molar-refractivity contribution in [1.29, 1.82) is 0 Å². The number of benzene rings is 2. The van der Waals surface area contributed by atoms with Crippen LogP contribution >= 0.6 is 0 Å². The van der Waals surface area contributed by atoms with Crippen LogP contribution in [0.5, 0.6) is 5.75 Å². The topological polar surface area (TPSA) is 59.0 Å². The second kappa shape index (κ2) is 7.36. The largest absolute Gasteiger partial charge is 0.497 e. The van der Waals surface area contributed by atoms with Crippen molar-refractivity contribution < 1.29 is 19.4 Å². The molecular formula is C19H21NO4. The molecule has 2 aromatic carbocycles. The number of aliphatic hydroxyl groups excluding tert-OH is 1. The van der Waals surface area contributed by atoms with Gasteiger partial charge in [0.1, 0.15) is 18.4 Å².